The summed E-state index contributed by atoms with van der Waals surface area (Å²) in [6.07, 6.45) is 20.2. The molecule has 1 heterocycles. The Hall–Kier alpha value is -6.20. The fourth-order valence-electron chi connectivity index (χ4n) is 7.05. The van der Waals surface area contributed by atoms with Gasteiger partial charge in [-0.1, -0.05) is 140 Å². The fraction of sp³-hybridized carbons (Fsp3) is 0.149. The minimum atomic E-state index is -0.00136. The highest BCUT2D eigenvalue weighted by atomic mass is 15.0. The van der Waals surface area contributed by atoms with E-state index in [0.717, 1.165) is 71.6 Å². The molecule has 5 aromatic rings. The number of benzene rings is 4. The molecule has 5 nitrogen and oxygen atoms in total. The van der Waals surface area contributed by atoms with Crippen molar-refractivity contribution in [2.75, 3.05) is 0 Å². The smallest absolute Gasteiger partial charge is 0.160 e. The van der Waals surface area contributed by atoms with E-state index >= 15 is 0 Å². The number of fused-ring (bicyclic) bond motifs is 1. The SMILES string of the molecule is N/C(=N\C(=N/Cc1ccccc1)c1cccc(C2=CCCC(c3nc(-c4ccccc4)nc4c3CCC=C4)=C2)c1)C1C=CC(c2ccccc2)=CC1. The van der Waals surface area contributed by atoms with Crippen LogP contribution in [-0.2, 0) is 13.0 Å². The summed E-state index contributed by atoms with van der Waals surface area (Å²) in [6.45, 7) is 0.513. The molecule has 4 aromatic carbocycles. The van der Waals surface area contributed by atoms with E-state index in [0.29, 0.717) is 18.2 Å². The molecule has 1 unspecified atom stereocenters. The van der Waals surface area contributed by atoms with Crippen LogP contribution in [0.4, 0.5) is 0 Å². The second-order valence-corrected chi connectivity index (χ2v) is 13.4. The van der Waals surface area contributed by atoms with Crippen LogP contribution in [0.5, 0.6) is 0 Å². The monoisotopic (exact) mass is 675 g/mol. The van der Waals surface area contributed by atoms with Gasteiger partial charge >= 0.3 is 0 Å². The van der Waals surface area contributed by atoms with Crippen LogP contribution in [0.1, 0.15) is 64.9 Å². The third kappa shape index (κ3) is 7.45. The fourth-order valence-corrected chi connectivity index (χ4v) is 7.05. The summed E-state index contributed by atoms with van der Waals surface area (Å²) in [5, 5.41) is 0. The van der Waals surface area contributed by atoms with E-state index in [4.69, 9.17) is 25.7 Å². The van der Waals surface area contributed by atoms with E-state index in [1.807, 2.05) is 42.5 Å². The maximum Gasteiger partial charge on any atom is 0.160 e. The molecule has 1 atom stereocenters. The van der Waals surface area contributed by atoms with Gasteiger partial charge in [-0.3, -0.25) is 4.99 Å². The van der Waals surface area contributed by atoms with Crippen molar-refractivity contribution in [3.63, 3.8) is 0 Å². The summed E-state index contributed by atoms with van der Waals surface area (Å²) < 4.78 is 0. The van der Waals surface area contributed by atoms with Crippen molar-refractivity contribution >= 4 is 34.5 Å². The Bertz CT molecular complexity index is 2290. The number of hydrogen-bond acceptors (Lipinski definition) is 3. The molecule has 0 amide bonds. The highest BCUT2D eigenvalue weighted by Crippen LogP contribution is 2.36. The lowest BCUT2D eigenvalue weighted by molar-refractivity contribution is 0.862. The second-order valence-electron chi connectivity index (χ2n) is 13.4. The van der Waals surface area contributed by atoms with Crippen molar-refractivity contribution in [2.24, 2.45) is 21.6 Å². The molecule has 0 fully saturated rings. The number of aromatic nitrogens is 2. The second kappa shape index (κ2) is 15.4. The van der Waals surface area contributed by atoms with Crippen molar-refractivity contribution in [3.8, 4) is 11.4 Å². The van der Waals surface area contributed by atoms with Gasteiger partial charge in [-0.15, -0.1) is 0 Å². The molecule has 52 heavy (non-hydrogen) atoms. The number of rotatable bonds is 8. The average molecular weight is 676 g/mol. The first-order valence-electron chi connectivity index (χ1n) is 18.2. The molecule has 1 aromatic heterocycles. The molecular formula is C47H41N5. The van der Waals surface area contributed by atoms with Crippen molar-refractivity contribution in [2.45, 2.75) is 38.6 Å². The lowest BCUT2D eigenvalue weighted by atomic mass is 9.88. The van der Waals surface area contributed by atoms with Crippen LogP contribution in [0.15, 0.2) is 162 Å². The Morgan fingerprint density at radius 1 is 0.712 bits per heavy atom. The van der Waals surface area contributed by atoms with Gasteiger partial charge in [0, 0.05) is 22.6 Å². The molecule has 0 saturated heterocycles. The maximum atomic E-state index is 6.76. The zero-order valence-corrected chi connectivity index (χ0v) is 29.2. The minimum absolute atomic E-state index is 0.00136. The Kier molecular flexibility index (Phi) is 9.74. The summed E-state index contributed by atoms with van der Waals surface area (Å²) in [5.41, 5.74) is 19.2. The molecule has 0 saturated carbocycles. The Morgan fingerprint density at radius 3 is 2.23 bits per heavy atom. The maximum absolute atomic E-state index is 6.76. The van der Waals surface area contributed by atoms with Crippen molar-refractivity contribution < 1.29 is 0 Å². The zero-order chi connectivity index (χ0) is 35.1. The number of nitrogens with two attached hydrogens (primary N) is 1. The van der Waals surface area contributed by atoms with Crippen LogP contribution in [0.2, 0.25) is 0 Å². The number of hydrogen-bond donors (Lipinski definition) is 1. The van der Waals surface area contributed by atoms with Crippen LogP contribution in [0.25, 0.3) is 34.2 Å². The molecule has 254 valence electrons. The number of aliphatic imine (C=N–C) groups is 2. The van der Waals surface area contributed by atoms with E-state index in [-0.39, 0.29) is 5.92 Å². The zero-order valence-electron chi connectivity index (χ0n) is 29.2. The van der Waals surface area contributed by atoms with E-state index in [1.54, 1.807) is 0 Å². The number of amidine groups is 2. The summed E-state index contributed by atoms with van der Waals surface area (Å²) in [5.74, 6) is 1.97. The van der Waals surface area contributed by atoms with Gasteiger partial charge in [-0.25, -0.2) is 15.0 Å². The van der Waals surface area contributed by atoms with Gasteiger partial charge in [0.05, 0.1) is 17.9 Å². The molecular weight excluding hydrogens is 635 g/mol. The minimum Gasteiger partial charge on any atom is -0.387 e. The van der Waals surface area contributed by atoms with E-state index < -0.39 is 0 Å². The lowest BCUT2D eigenvalue weighted by Crippen LogP contribution is -2.24. The molecule has 0 aliphatic heterocycles. The lowest BCUT2D eigenvalue weighted by Gasteiger charge is -2.20. The molecule has 3 aliphatic carbocycles. The van der Waals surface area contributed by atoms with Crippen molar-refractivity contribution in [1.29, 1.82) is 0 Å². The van der Waals surface area contributed by atoms with Gasteiger partial charge in [0.15, 0.2) is 11.7 Å². The van der Waals surface area contributed by atoms with E-state index in [1.165, 1.54) is 27.8 Å². The quantitative estimate of drug-likeness (QED) is 0.131. The van der Waals surface area contributed by atoms with E-state index in [9.17, 15) is 0 Å². The third-order valence-electron chi connectivity index (χ3n) is 9.85. The van der Waals surface area contributed by atoms with Crippen molar-refractivity contribution in [1.82, 2.24) is 9.97 Å². The van der Waals surface area contributed by atoms with Gasteiger partial charge in [0.2, 0.25) is 0 Å². The average Bonchev–Trinajstić information content (AvgIpc) is 3.23. The first-order chi connectivity index (χ1) is 25.7. The molecule has 0 spiro atoms. The third-order valence-corrected chi connectivity index (χ3v) is 9.85. The van der Waals surface area contributed by atoms with Gasteiger partial charge in [-0.05, 0) is 83.7 Å². The van der Waals surface area contributed by atoms with Gasteiger partial charge in [-0.2, -0.15) is 0 Å². The summed E-state index contributed by atoms with van der Waals surface area (Å²) >= 11 is 0. The van der Waals surface area contributed by atoms with Crippen LogP contribution in [0, 0.1) is 5.92 Å². The Labute approximate surface area is 306 Å². The van der Waals surface area contributed by atoms with Crippen LogP contribution >= 0.6 is 0 Å². The van der Waals surface area contributed by atoms with E-state index in [2.05, 4.69) is 115 Å². The standard InChI is InChI=1S/C47H41N5/c48-45(36-28-26-35(27-29-36)34-16-6-2-7-17-34)52-46(49-32-33-14-4-1-5-15-33)41-23-13-21-39(31-41)38-20-12-22-40(30-38)44-42-24-10-11-25-43(42)50-47(51-44)37-18-8-3-9-19-37/h1-9,11,13-21,23,25-28,30-31,36H,10,12,22,24,29,32H2,(H2,48,49,52). The molecule has 0 bridgehead atoms. The number of allylic oxidation sites excluding steroid dienone is 8. The Balaban J connectivity index is 1.11. The van der Waals surface area contributed by atoms with Crippen LogP contribution < -0.4 is 5.73 Å². The molecule has 0 radical (unpaired) electrons. The van der Waals surface area contributed by atoms with Gasteiger partial charge < -0.3 is 5.73 Å². The summed E-state index contributed by atoms with van der Waals surface area (Å²) in [6, 6.07) is 39.6. The molecule has 8 rings (SSSR count). The molecule has 2 N–H and O–H groups in total. The molecule has 5 heteroatoms. The predicted octanol–water partition coefficient (Wildman–Crippen LogP) is 10.3. The number of nitrogens with zero attached hydrogens (tertiary/aromatic N) is 4. The first-order valence-corrected chi connectivity index (χ1v) is 18.2. The summed E-state index contributed by atoms with van der Waals surface area (Å²) in [4.78, 5) is 20.3. The summed E-state index contributed by atoms with van der Waals surface area (Å²) in [7, 11) is 0. The van der Waals surface area contributed by atoms with Crippen LogP contribution in [-0.4, -0.2) is 21.6 Å². The largest absolute Gasteiger partial charge is 0.387 e. The molecule has 3 aliphatic rings. The first kappa shape index (κ1) is 33.0. The van der Waals surface area contributed by atoms with Crippen LogP contribution in [0.3, 0.4) is 0 Å². The topological polar surface area (TPSA) is 76.5 Å². The Morgan fingerprint density at radius 2 is 1.46 bits per heavy atom. The normalized spacial score (nSPS) is 17.2. The van der Waals surface area contributed by atoms with Gasteiger partial charge in [0.25, 0.3) is 0 Å². The van der Waals surface area contributed by atoms with Gasteiger partial charge in [0.1, 0.15) is 5.84 Å². The highest BCUT2D eigenvalue weighted by Gasteiger charge is 2.21. The highest BCUT2D eigenvalue weighted by molar-refractivity contribution is 6.07. The predicted molar refractivity (Wildman–Crippen MR) is 216 cm³/mol. The van der Waals surface area contributed by atoms with Crippen molar-refractivity contribution in [3.05, 3.63) is 191 Å².